The van der Waals surface area contributed by atoms with Gasteiger partial charge >= 0.3 is 5.97 Å². The van der Waals surface area contributed by atoms with Gasteiger partial charge in [-0.05, 0) is 50.1 Å². The maximum atomic E-state index is 12.5. The van der Waals surface area contributed by atoms with Crippen LogP contribution in [0.3, 0.4) is 0 Å². The molecule has 0 aliphatic carbocycles. The third kappa shape index (κ3) is 4.03. The largest absolute Gasteiger partial charge is 0.494 e. The molecule has 0 fully saturated rings. The van der Waals surface area contributed by atoms with Gasteiger partial charge in [-0.2, -0.15) is 0 Å². The van der Waals surface area contributed by atoms with Crippen LogP contribution in [0.1, 0.15) is 36.7 Å². The van der Waals surface area contributed by atoms with Gasteiger partial charge in [0, 0.05) is 17.3 Å². The number of benzene rings is 2. The summed E-state index contributed by atoms with van der Waals surface area (Å²) in [6, 6.07) is 13.7. The monoisotopic (exact) mass is 364 g/mol. The summed E-state index contributed by atoms with van der Waals surface area (Å²) in [5, 5.41) is 4.28. The van der Waals surface area contributed by atoms with Gasteiger partial charge in [0.2, 0.25) is 0 Å². The van der Waals surface area contributed by atoms with Gasteiger partial charge in [0.25, 0.3) is 0 Å². The van der Waals surface area contributed by atoms with E-state index in [1.165, 1.54) is 0 Å². The van der Waals surface area contributed by atoms with Crippen molar-refractivity contribution in [1.29, 1.82) is 0 Å². The van der Waals surface area contributed by atoms with Crippen LogP contribution in [-0.4, -0.2) is 24.2 Å². The molecule has 2 aromatic carbocycles. The number of aromatic nitrogens is 1. The number of pyridine rings is 1. The highest BCUT2D eigenvalue weighted by molar-refractivity contribution is 6.06. The lowest BCUT2D eigenvalue weighted by molar-refractivity contribution is 0.0527. The molecule has 0 saturated carbocycles. The molecular weight excluding hydrogens is 340 g/mol. The summed E-state index contributed by atoms with van der Waals surface area (Å²) in [5.74, 6) is 0.420. The van der Waals surface area contributed by atoms with E-state index >= 15 is 0 Å². The summed E-state index contributed by atoms with van der Waals surface area (Å²) in [4.78, 5) is 17.0. The summed E-state index contributed by atoms with van der Waals surface area (Å²) in [6.07, 6.45) is 2.46. The molecule has 3 aromatic rings. The van der Waals surface area contributed by atoms with Crippen molar-refractivity contribution < 1.29 is 14.3 Å². The minimum Gasteiger partial charge on any atom is -0.494 e. The summed E-state index contributed by atoms with van der Waals surface area (Å²) in [6.45, 7) is 6.77. The number of fused-ring (bicyclic) bond motifs is 1. The molecule has 0 aliphatic rings. The number of anilines is 2. The highest BCUT2D eigenvalue weighted by atomic mass is 16.5. The number of hydrogen-bond acceptors (Lipinski definition) is 5. The predicted molar refractivity (Wildman–Crippen MR) is 108 cm³/mol. The third-order valence-electron chi connectivity index (χ3n) is 4.29. The van der Waals surface area contributed by atoms with Crippen molar-refractivity contribution >= 4 is 28.2 Å². The average molecular weight is 364 g/mol. The first kappa shape index (κ1) is 18.7. The van der Waals surface area contributed by atoms with E-state index in [1.54, 1.807) is 13.1 Å². The smallest absolute Gasteiger partial charge is 0.341 e. The normalized spacial score (nSPS) is 10.6. The Morgan fingerprint density at radius 2 is 1.81 bits per heavy atom. The number of hydrogen-bond donors (Lipinski definition) is 1. The molecule has 140 valence electrons. The van der Waals surface area contributed by atoms with E-state index in [-0.39, 0.29) is 5.97 Å². The van der Waals surface area contributed by atoms with Crippen molar-refractivity contribution in [2.75, 3.05) is 18.5 Å². The number of rotatable bonds is 7. The van der Waals surface area contributed by atoms with E-state index in [9.17, 15) is 4.79 Å². The lowest BCUT2D eigenvalue weighted by Gasteiger charge is -2.15. The molecule has 0 bridgehead atoms. The van der Waals surface area contributed by atoms with E-state index in [1.807, 2.05) is 43.3 Å². The summed E-state index contributed by atoms with van der Waals surface area (Å²) < 4.78 is 10.7. The Morgan fingerprint density at radius 3 is 2.48 bits per heavy atom. The van der Waals surface area contributed by atoms with Crippen LogP contribution in [0, 0.1) is 0 Å². The number of ether oxygens (including phenoxy) is 2. The number of esters is 1. The van der Waals surface area contributed by atoms with Crippen molar-refractivity contribution in [2.45, 2.75) is 27.2 Å². The van der Waals surface area contributed by atoms with Gasteiger partial charge in [-0.1, -0.05) is 25.1 Å². The van der Waals surface area contributed by atoms with Crippen LogP contribution >= 0.6 is 0 Å². The van der Waals surface area contributed by atoms with Crippen LogP contribution < -0.4 is 10.1 Å². The fraction of sp³-hybridized carbons (Fsp3) is 0.273. The van der Waals surface area contributed by atoms with Crippen LogP contribution in [0.4, 0.5) is 11.4 Å². The number of para-hydroxylation sites is 1. The zero-order valence-electron chi connectivity index (χ0n) is 15.9. The molecule has 0 radical (unpaired) electrons. The number of carbonyl (C=O) groups is 1. The van der Waals surface area contributed by atoms with Crippen molar-refractivity contribution in [2.24, 2.45) is 0 Å². The van der Waals surface area contributed by atoms with Gasteiger partial charge in [0.15, 0.2) is 0 Å². The fourth-order valence-corrected chi connectivity index (χ4v) is 3.01. The Balaban J connectivity index is 2.09. The molecule has 0 aliphatic heterocycles. The van der Waals surface area contributed by atoms with Crippen molar-refractivity contribution in [3.63, 3.8) is 0 Å². The summed E-state index contributed by atoms with van der Waals surface area (Å²) >= 11 is 0. The summed E-state index contributed by atoms with van der Waals surface area (Å²) in [5.41, 5.74) is 4.02. The molecular formula is C22H24N2O3. The van der Waals surface area contributed by atoms with Crippen molar-refractivity contribution in [3.05, 3.63) is 59.8 Å². The van der Waals surface area contributed by atoms with E-state index in [0.717, 1.165) is 34.3 Å². The molecule has 0 unspecified atom stereocenters. The molecule has 0 atom stereocenters. The van der Waals surface area contributed by atoms with Gasteiger partial charge in [-0.3, -0.25) is 4.98 Å². The minimum atomic E-state index is -0.387. The van der Waals surface area contributed by atoms with Gasteiger partial charge in [0.05, 0.1) is 24.4 Å². The first-order valence-corrected chi connectivity index (χ1v) is 9.25. The number of carbonyl (C=O) groups excluding carboxylic acids is 1. The predicted octanol–water partition coefficient (Wildman–Crippen LogP) is 5.12. The van der Waals surface area contributed by atoms with Gasteiger partial charge in [-0.15, -0.1) is 0 Å². The summed E-state index contributed by atoms with van der Waals surface area (Å²) in [7, 11) is 0. The van der Waals surface area contributed by atoms with Crippen LogP contribution in [0.5, 0.6) is 5.75 Å². The molecule has 1 aromatic heterocycles. The van der Waals surface area contributed by atoms with Crippen LogP contribution in [0.15, 0.2) is 48.7 Å². The van der Waals surface area contributed by atoms with Gasteiger partial charge in [0.1, 0.15) is 11.3 Å². The molecule has 1 heterocycles. The van der Waals surface area contributed by atoms with Crippen LogP contribution in [-0.2, 0) is 11.2 Å². The highest BCUT2D eigenvalue weighted by Gasteiger charge is 2.18. The SMILES string of the molecule is CCOC(=O)c1cnc2c(CC)cccc2c1Nc1ccc(OCC)cc1. The maximum Gasteiger partial charge on any atom is 0.341 e. The zero-order chi connectivity index (χ0) is 19.2. The second-order valence-corrected chi connectivity index (χ2v) is 6.02. The average Bonchev–Trinajstić information content (AvgIpc) is 2.69. The van der Waals surface area contributed by atoms with Crippen LogP contribution in [0.25, 0.3) is 10.9 Å². The molecule has 5 heteroatoms. The lowest BCUT2D eigenvalue weighted by atomic mass is 10.0. The second-order valence-electron chi connectivity index (χ2n) is 6.02. The molecule has 0 amide bonds. The number of nitrogens with one attached hydrogen (secondary N) is 1. The van der Waals surface area contributed by atoms with Gasteiger partial charge < -0.3 is 14.8 Å². The number of aryl methyl sites for hydroxylation is 1. The molecule has 3 rings (SSSR count). The van der Waals surface area contributed by atoms with E-state index in [2.05, 4.69) is 23.3 Å². The van der Waals surface area contributed by atoms with Crippen molar-refractivity contribution in [1.82, 2.24) is 4.98 Å². The molecule has 0 saturated heterocycles. The molecule has 27 heavy (non-hydrogen) atoms. The van der Waals surface area contributed by atoms with Crippen molar-refractivity contribution in [3.8, 4) is 5.75 Å². The number of nitrogens with zero attached hydrogens (tertiary/aromatic N) is 1. The topological polar surface area (TPSA) is 60.5 Å². The minimum absolute atomic E-state index is 0.314. The maximum absolute atomic E-state index is 12.5. The quantitative estimate of drug-likeness (QED) is 0.590. The van der Waals surface area contributed by atoms with E-state index < -0.39 is 0 Å². The standard InChI is InChI=1S/C22H24N2O3/c1-4-15-8-7-9-18-20(15)23-14-19(22(25)27-6-3)21(18)24-16-10-12-17(13-11-16)26-5-2/h7-14H,4-6H2,1-3H3,(H,23,24). The Hall–Kier alpha value is -3.08. The first-order valence-electron chi connectivity index (χ1n) is 9.25. The first-order chi connectivity index (χ1) is 13.2. The lowest BCUT2D eigenvalue weighted by Crippen LogP contribution is -2.09. The van der Waals surface area contributed by atoms with E-state index in [0.29, 0.717) is 24.5 Å². The molecule has 1 N–H and O–H groups in total. The fourth-order valence-electron chi connectivity index (χ4n) is 3.01. The second kappa shape index (κ2) is 8.54. The zero-order valence-corrected chi connectivity index (χ0v) is 15.9. The Morgan fingerprint density at radius 1 is 1.04 bits per heavy atom. The van der Waals surface area contributed by atoms with E-state index in [4.69, 9.17) is 9.47 Å². The Bertz CT molecular complexity index is 936. The Kier molecular flexibility index (Phi) is 5.91. The molecule has 5 nitrogen and oxygen atoms in total. The molecule has 0 spiro atoms. The van der Waals surface area contributed by atoms with Crippen LogP contribution in [0.2, 0.25) is 0 Å². The van der Waals surface area contributed by atoms with Gasteiger partial charge in [-0.25, -0.2) is 4.79 Å². The Labute approximate surface area is 159 Å². The third-order valence-corrected chi connectivity index (χ3v) is 4.29. The highest BCUT2D eigenvalue weighted by Crippen LogP contribution is 2.32.